The van der Waals surface area contributed by atoms with Crippen molar-refractivity contribution in [2.24, 2.45) is 0 Å². The molecule has 0 saturated carbocycles. The molecule has 0 aliphatic carbocycles. The van der Waals surface area contributed by atoms with Crippen LogP contribution in [0.3, 0.4) is 0 Å². The first kappa shape index (κ1) is 30.5. The predicted octanol–water partition coefficient (Wildman–Crippen LogP) is 7.44. The Kier molecular flexibility index (Phi) is 9.64. The van der Waals surface area contributed by atoms with Crippen LogP contribution in [0.4, 0.5) is 9.52 Å². The Labute approximate surface area is 261 Å². The molecule has 2 heterocycles. The molecule has 1 saturated heterocycles. The summed E-state index contributed by atoms with van der Waals surface area (Å²) in [4.78, 5) is 28.3. The van der Waals surface area contributed by atoms with Crippen LogP contribution in [0.25, 0.3) is 5.76 Å². The van der Waals surface area contributed by atoms with E-state index in [2.05, 4.69) is 17.1 Å². The maximum Gasteiger partial charge on any atom is 0.301 e. The van der Waals surface area contributed by atoms with Crippen LogP contribution in [0, 0.1) is 5.82 Å². The van der Waals surface area contributed by atoms with Gasteiger partial charge in [0.1, 0.15) is 11.6 Å². The first-order valence-corrected chi connectivity index (χ1v) is 15.6. The predicted molar refractivity (Wildman–Crippen MR) is 166 cm³/mol. The fourth-order valence-corrected chi connectivity index (χ4v) is 6.50. The Hall–Kier alpha value is -3.93. The molecule has 12 heteroatoms. The van der Waals surface area contributed by atoms with E-state index in [0.29, 0.717) is 49.9 Å². The summed E-state index contributed by atoms with van der Waals surface area (Å²) in [6.07, 6.45) is 1.82. The highest BCUT2D eigenvalue weighted by atomic mass is 35.5. The molecular formula is C31H27ClFN3O5S2. The van der Waals surface area contributed by atoms with Gasteiger partial charge in [0.15, 0.2) is 15.8 Å². The van der Waals surface area contributed by atoms with Gasteiger partial charge in [-0.15, -0.1) is 10.2 Å². The number of anilines is 1. The second kappa shape index (κ2) is 13.6. The van der Waals surface area contributed by atoms with Crippen LogP contribution in [0.2, 0.25) is 5.02 Å². The van der Waals surface area contributed by atoms with Crippen molar-refractivity contribution in [1.82, 2.24) is 10.2 Å². The van der Waals surface area contributed by atoms with Crippen molar-refractivity contribution in [2.75, 3.05) is 18.6 Å². The number of nitrogens with zero attached hydrogens (tertiary/aromatic N) is 3. The molecule has 1 aliphatic heterocycles. The van der Waals surface area contributed by atoms with Gasteiger partial charge in [-0.05, 0) is 60.0 Å². The molecule has 1 unspecified atom stereocenters. The molecule has 4 aromatic rings. The quantitative estimate of drug-likeness (QED) is 0.0451. The topological polar surface area (TPSA) is 102 Å². The zero-order chi connectivity index (χ0) is 30.5. The van der Waals surface area contributed by atoms with Gasteiger partial charge in [0, 0.05) is 16.3 Å². The minimum atomic E-state index is -1.05. The molecule has 222 valence electrons. The van der Waals surface area contributed by atoms with Crippen LogP contribution in [0.15, 0.2) is 76.6 Å². The fourth-order valence-electron chi connectivity index (χ4n) is 4.52. The van der Waals surface area contributed by atoms with Crippen LogP contribution in [-0.2, 0) is 15.3 Å². The van der Waals surface area contributed by atoms with Crippen LogP contribution >= 0.6 is 34.7 Å². The number of aliphatic hydroxyl groups is 1. The van der Waals surface area contributed by atoms with Crippen molar-refractivity contribution in [3.8, 4) is 11.5 Å². The molecule has 1 amide bonds. The number of carbonyl (C=O) groups is 2. The van der Waals surface area contributed by atoms with Gasteiger partial charge in [-0.25, -0.2) is 4.39 Å². The minimum Gasteiger partial charge on any atom is -0.507 e. The lowest BCUT2D eigenvalue weighted by Gasteiger charge is -2.23. The molecule has 1 aromatic heterocycles. The monoisotopic (exact) mass is 639 g/mol. The van der Waals surface area contributed by atoms with E-state index in [1.54, 1.807) is 60.7 Å². The standard InChI is InChI=1S/C31H27ClFN3O5S2/c1-3-4-15-41-23-14-11-19(16-24(23)40-2)26-25(27(37)18-9-12-21(32)13-10-18)28(38)29(39)36(26)30-34-35-31(43-30)42-17-20-7-5-6-8-22(20)33/h5-14,16,26,37H,3-4,15,17H2,1-2H3/b27-25-. The number of hydrogen-bond acceptors (Lipinski definition) is 9. The van der Waals surface area contributed by atoms with E-state index in [0.717, 1.165) is 24.2 Å². The van der Waals surface area contributed by atoms with Gasteiger partial charge in [0.2, 0.25) is 5.13 Å². The number of rotatable bonds is 11. The number of ether oxygens (including phenoxy) is 2. The molecule has 1 atom stereocenters. The third-order valence-corrected chi connectivity index (χ3v) is 9.09. The maximum absolute atomic E-state index is 14.1. The zero-order valence-electron chi connectivity index (χ0n) is 23.3. The Morgan fingerprint density at radius 1 is 1.09 bits per heavy atom. The van der Waals surface area contributed by atoms with E-state index in [-0.39, 0.29) is 22.3 Å². The average molecular weight is 640 g/mol. The molecule has 0 bridgehead atoms. The van der Waals surface area contributed by atoms with E-state index in [4.69, 9.17) is 21.1 Å². The number of carbonyl (C=O) groups excluding carboxylic acids is 2. The molecule has 1 aliphatic rings. The fraction of sp³-hybridized carbons (Fsp3) is 0.226. The Bertz CT molecular complexity index is 1680. The van der Waals surface area contributed by atoms with E-state index < -0.39 is 17.7 Å². The summed E-state index contributed by atoms with van der Waals surface area (Å²) in [5.74, 6) is -1.22. The number of unbranched alkanes of at least 4 members (excludes halogenated alkanes) is 1. The van der Waals surface area contributed by atoms with Gasteiger partial charge in [0.25, 0.3) is 5.78 Å². The van der Waals surface area contributed by atoms with Gasteiger partial charge < -0.3 is 14.6 Å². The number of ketones is 1. The molecule has 5 rings (SSSR count). The lowest BCUT2D eigenvalue weighted by atomic mass is 9.95. The Morgan fingerprint density at radius 2 is 1.86 bits per heavy atom. The van der Waals surface area contributed by atoms with Crippen molar-refractivity contribution in [3.63, 3.8) is 0 Å². The Morgan fingerprint density at radius 3 is 2.58 bits per heavy atom. The third-order valence-electron chi connectivity index (χ3n) is 6.73. The van der Waals surface area contributed by atoms with Crippen molar-refractivity contribution < 1.29 is 28.6 Å². The number of aliphatic hydroxyl groups excluding tert-OH is 1. The second-order valence-electron chi connectivity index (χ2n) is 9.52. The highest BCUT2D eigenvalue weighted by molar-refractivity contribution is 8.00. The Balaban J connectivity index is 1.56. The maximum atomic E-state index is 14.1. The summed E-state index contributed by atoms with van der Waals surface area (Å²) in [7, 11) is 1.50. The smallest absolute Gasteiger partial charge is 0.301 e. The first-order chi connectivity index (χ1) is 20.8. The van der Waals surface area contributed by atoms with Crippen LogP contribution in [0.5, 0.6) is 11.5 Å². The van der Waals surface area contributed by atoms with Crippen molar-refractivity contribution in [3.05, 3.63) is 99.8 Å². The van der Waals surface area contributed by atoms with Crippen molar-refractivity contribution in [2.45, 2.75) is 35.9 Å². The lowest BCUT2D eigenvalue weighted by Crippen LogP contribution is -2.29. The summed E-state index contributed by atoms with van der Waals surface area (Å²) in [5, 5.41) is 20.4. The second-order valence-corrected chi connectivity index (χ2v) is 12.1. The van der Waals surface area contributed by atoms with E-state index in [9.17, 15) is 19.1 Å². The summed E-state index contributed by atoms with van der Waals surface area (Å²) < 4.78 is 26.1. The van der Waals surface area contributed by atoms with Crippen LogP contribution in [0.1, 0.15) is 42.5 Å². The molecule has 0 spiro atoms. The van der Waals surface area contributed by atoms with Gasteiger partial charge >= 0.3 is 5.91 Å². The van der Waals surface area contributed by atoms with Gasteiger partial charge in [0.05, 0.1) is 25.3 Å². The van der Waals surface area contributed by atoms with Crippen molar-refractivity contribution >= 4 is 57.3 Å². The highest BCUT2D eigenvalue weighted by Gasteiger charge is 2.48. The summed E-state index contributed by atoms with van der Waals surface area (Å²) in [6.45, 7) is 2.56. The summed E-state index contributed by atoms with van der Waals surface area (Å²) in [6, 6.07) is 16.8. The lowest BCUT2D eigenvalue weighted by molar-refractivity contribution is -0.132. The molecule has 0 radical (unpaired) electrons. The number of aromatic nitrogens is 2. The minimum absolute atomic E-state index is 0.121. The average Bonchev–Trinajstić information content (AvgIpc) is 3.58. The summed E-state index contributed by atoms with van der Waals surface area (Å²) in [5.41, 5.74) is 1.19. The number of Topliss-reactive ketones (excluding diaryl/α,β-unsaturated/α-hetero) is 1. The number of hydrogen-bond donors (Lipinski definition) is 1. The molecule has 8 nitrogen and oxygen atoms in total. The molecule has 1 N–H and O–H groups in total. The normalized spacial score (nSPS) is 16.1. The number of methoxy groups -OCH3 is 1. The van der Waals surface area contributed by atoms with Crippen molar-refractivity contribution in [1.29, 1.82) is 0 Å². The number of halogens is 2. The van der Waals surface area contributed by atoms with E-state index in [1.807, 2.05) is 0 Å². The molecule has 1 fully saturated rings. The van der Waals surface area contributed by atoms with E-state index >= 15 is 0 Å². The largest absolute Gasteiger partial charge is 0.507 e. The number of amides is 1. The number of benzene rings is 3. The van der Waals surface area contributed by atoms with E-state index in [1.165, 1.54) is 29.8 Å². The summed E-state index contributed by atoms with van der Waals surface area (Å²) >= 11 is 8.39. The van der Waals surface area contributed by atoms with Gasteiger partial charge in [-0.1, -0.05) is 72.3 Å². The van der Waals surface area contributed by atoms with Gasteiger partial charge in [-0.3, -0.25) is 14.5 Å². The SMILES string of the molecule is CCCCOc1ccc(C2/C(=C(/O)c3ccc(Cl)cc3)C(=O)C(=O)N2c2nnc(SCc3ccccc3F)s2)cc1OC. The first-order valence-electron chi connectivity index (χ1n) is 13.4. The molecule has 3 aromatic carbocycles. The molecule has 43 heavy (non-hydrogen) atoms. The van der Waals surface area contributed by atoms with Gasteiger partial charge in [-0.2, -0.15) is 0 Å². The zero-order valence-corrected chi connectivity index (χ0v) is 25.6. The highest BCUT2D eigenvalue weighted by Crippen LogP contribution is 2.45. The van der Waals surface area contributed by atoms with Crippen LogP contribution in [-0.4, -0.2) is 40.7 Å². The third kappa shape index (κ3) is 6.53. The van der Waals surface area contributed by atoms with Crippen LogP contribution < -0.4 is 14.4 Å². The molecular weight excluding hydrogens is 613 g/mol. The number of thioether (sulfide) groups is 1.